The number of fused-ring (bicyclic) bond motifs is 5. The minimum Gasteiger partial charge on any atom is -0.449 e. The van der Waals surface area contributed by atoms with Crippen LogP contribution in [0.2, 0.25) is 0 Å². The van der Waals surface area contributed by atoms with Gasteiger partial charge in [0.1, 0.15) is 18.7 Å². The minimum atomic E-state index is -1.05. The number of amides is 8. The maximum Gasteiger partial charge on any atom is 0.407 e. The molecule has 0 spiro atoms. The highest BCUT2D eigenvalue weighted by atomic mass is 16.5. The summed E-state index contributed by atoms with van der Waals surface area (Å²) in [5, 5.41) is 24.8. The molecule has 1 saturated carbocycles. The lowest BCUT2D eigenvalue weighted by Gasteiger charge is -2.41. The van der Waals surface area contributed by atoms with Crippen LogP contribution < -0.4 is 32.3 Å². The van der Waals surface area contributed by atoms with E-state index in [1.807, 2.05) is 89.3 Å². The second-order valence-corrected chi connectivity index (χ2v) is 23.4. The normalized spacial score (nSPS) is 21.2. The van der Waals surface area contributed by atoms with E-state index in [-0.39, 0.29) is 85.8 Å². The molecule has 2 aliphatic carbocycles. The van der Waals surface area contributed by atoms with Crippen LogP contribution in [0.5, 0.6) is 0 Å². The van der Waals surface area contributed by atoms with Crippen LogP contribution >= 0.6 is 0 Å². The number of carbonyl (C=O) groups is 7. The Labute approximate surface area is 483 Å². The number of alkyl carbamates (subject to hydrolysis) is 1. The number of ether oxygens (including phenoxy) is 3. The van der Waals surface area contributed by atoms with Crippen LogP contribution in [0.15, 0.2) is 72.8 Å². The van der Waals surface area contributed by atoms with Crippen molar-refractivity contribution in [2.75, 3.05) is 59.9 Å². The molecule has 2 bridgehead atoms. The number of hydrogen-bond acceptors (Lipinski definition) is 12. The Balaban J connectivity index is 0.947. The standard InChI is InChI=1S/C62H89N9O11/c1-10-37(4)54(70(7)60(77)53(36(2)3)68-59(76)55-40-26-27-43(32-40)69(55)6)51(80-8)33-52(73)71-29-17-25-50(71)56(81-9)38(5)57(74)66-42(34-72)31-39-18-15-19-41(30-39)65-58(75)49(24-16-28-64-61(63)78)67-62(79)82-35-48-46-22-13-11-20-44(46)45-21-12-14-23-47(45)48/h11-15,18-23,30,36-38,40,42-43,48-51,53-56,72H,10,16-17,24-29,31-35H2,1-9H3,(H,65,75)(H,66,74)(H,67,79)(H,68,76)(H3,63,64,78)/t37-,38+,40-,42-,43+,49-,50-,51+,53-,54-,55-,56+/m0/s1. The fourth-order valence-electron chi connectivity index (χ4n) is 13.2. The topological polar surface area (TPSA) is 263 Å². The van der Waals surface area contributed by atoms with Gasteiger partial charge in [0, 0.05) is 52.0 Å². The average Bonchev–Trinajstić information content (AvgIpc) is 4.44. The monoisotopic (exact) mass is 1140 g/mol. The number of likely N-dealkylation sites (N-methyl/N-ethyl adjacent to an activating group) is 2. The van der Waals surface area contributed by atoms with E-state index >= 15 is 0 Å². The van der Waals surface area contributed by atoms with Crippen molar-refractivity contribution in [3.05, 3.63) is 89.5 Å². The Morgan fingerprint density at radius 1 is 0.854 bits per heavy atom. The molecule has 20 nitrogen and oxygen atoms in total. The summed E-state index contributed by atoms with van der Waals surface area (Å²) < 4.78 is 17.9. The molecule has 2 saturated heterocycles. The fourth-order valence-corrected chi connectivity index (χ4v) is 13.2. The van der Waals surface area contributed by atoms with Crippen molar-refractivity contribution in [3.8, 4) is 11.1 Å². The van der Waals surface area contributed by atoms with E-state index in [4.69, 9.17) is 19.9 Å². The molecule has 8 N–H and O–H groups in total. The number of primary amides is 1. The number of nitrogens with two attached hydrogens (primary N) is 1. The Morgan fingerprint density at radius 3 is 2.16 bits per heavy atom. The molecule has 4 aliphatic rings. The van der Waals surface area contributed by atoms with Gasteiger partial charge in [-0.1, -0.05) is 102 Å². The largest absolute Gasteiger partial charge is 0.449 e. The van der Waals surface area contributed by atoms with Crippen molar-refractivity contribution in [2.24, 2.45) is 29.4 Å². The van der Waals surface area contributed by atoms with E-state index < -0.39 is 73.0 Å². The van der Waals surface area contributed by atoms with Gasteiger partial charge in [-0.05, 0) is 116 Å². The molecule has 3 fully saturated rings. The van der Waals surface area contributed by atoms with Gasteiger partial charge < -0.3 is 61.4 Å². The van der Waals surface area contributed by atoms with E-state index in [2.05, 4.69) is 31.5 Å². The molecule has 8 amide bonds. The zero-order valence-corrected chi connectivity index (χ0v) is 49.4. The highest BCUT2D eigenvalue weighted by Gasteiger charge is 2.49. The van der Waals surface area contributed by atoms with Crippen molar-refractivity contribution in [3.63, 3.8) is 0 Å². The van der Waals surface area contributed by atoms with E-state index in [0.717, 1.165) is 41.5 Å². The van der Waals surface area contributed by atoms with Gasteiger partial charge in [-0.2, -0.15) is 0 Å². The summed E-state index contributed by atoms with van der Waals surface area (Å²) in [4.78, 5) is 101. The molecule has 20 heteroatoms. The first-order chi connectivity index (χ1) is 39.3. The molecule has 0 unspecified atom stereocenters. The molecule has 3 aromatic rings. The van der Waals surface area contributed by atoms with Crippen LogP contribution in [0.1, 0.15) is 115 Å². The minimum absolute atomic E-state index is 0.0262. The molecular weight excluding hydrogens is 1050 g/mol. The first kappa shape index (κ1) is 63.0. The number of rotatable bonds is 28. The van der Waals surface area contributed by atoms with Crippen molar-refractivity contribution in [2.45, 2.75) is 159 Å². The molecule has 3 aromatic carbocycles. The quantitative estimate of drug-likeness (QED) is 0.0442. The first-order valence-corrected chi connectivity index (χ1v) is 29.4. The van der Waals surface area contributed by atoms with E-state index in [1.54, 1.807) is 49.1 Å². The molecular formula is C62H89N9O11. The van der Waals surface area contributed by atoms with Crippen LogP contribution in [0.3, 0.4) is 0 Å². The Hall–Kier alpha value is -6.61. The van der Waals surface area contributed by atoms with E-state index in [0.29, 0.717) is 49.5 Å². The summed E-state index contributed by atoms with van der Waals surface area (Å²) in [6.45, 7) is 9.94. The summed E-state index contributed by atoms with van der Waals surface area (Å²) >= 11 is 0. The van der Waals surface area contributed by atoms with Crippen LogP contribution in [-0.4, -0.2) is 171 Å². The number of likely N-dealkylation sites (tertiary alicyclic amines) is 2. The number of urea groups is 1. The first-order valence-electron chi connectivity index (χ1n) is 29.4. The number of nitrogens with one attached hydrogen (secondary N) is 5. The van der Waals surface area contributed by atoms with Crippen molar-refractivity contribution >= 4 is 47.3 Å². The van der Waals surface area contributed by atoms with Crippen LogP contribution in [0.25, 0.3) is 11.1 Å². The number of benzene rings is 3. The SMILES string of the molecule is CC[C@H](C)[C@@H]([C@@H](CC(=O)N1CCC[C@H]1[C@H](OC)[C@@H](C)C(=O)N[C@H](CO)Cc1cccc(NC(=O)[C@H](CCCNC(N)=O)NC(=O)OCC2c3ccccc3-c3ccccc32)c1)OC)N(C)C(=O)[C@@H](NC(=O)[C@@H]1[C@H]2CC[C@H](C2)N1C)C(C)C. The summed E-state index contributed by atoms with van der Waals surface area (Å²) in [7, 11) is 6.80. The number of aliphatic hydroxyl groups excluding tert-OH is 1. The zero-order valence-electron chi connectivity index (χ0n) is 49.4. The van der Waals surface area contributed by atoms with Crippen LogP contribution in [0.4, 0.5) is 15.3 Å². The number of methoxy groups -OCH3 is 2. The maximum atomic E-state index is 14.5. The van der Waals surface area contributed by atoms with Crippen molar-refractivity contribution in [1.82, 2.24) is 36.0 Å². The number of anilines is 1. The third-order valence-electron chi connectivity index (χ3n) is 17.8. The third kappa shape index (κ3) is 14.9. The van der Waals surface area contributed by atoms with Gasteiger partial charge in [-0.3, -0.25) is 28.9 Å². The predicted molar refractivity (Wildman–Crippen MR) is 312 cm³/mol. The van der Waals surface area contributed by atoms with Gasteiger partial charge in [0.05, 0.1) is 55.3 Å². The number of aliphatic hydroxyl groups is 1. The summed E-state index contributed by atoms with van der Waals surface area (Å²) in [5.41, 5.74) is 10.6. The van der Waals surface area contributed by atoms with Gasteiger partial charge in [-0.15, -0.1) is 0 Å². The number of piperidine rings is 1. The lowest BCUT2D eigenvalue weighted by Crippen LogP contribution is -2.60. The Kier molecular flexibility index (Phi) is 22.3. The molecule has 2 heterocycles. The average molecular weight is 1140 g/mol. The molecule has 82 heavy (non-hydrogen) atoms. The van der Waals surface area contributed by atoms with Gasteiger partial charge in [0.2, 0.25) is 29.5 Å². The van der Waals surface area contributed by atoms with Crippen LogP contribution in [0, 0.1) is 23.7 Å². The van der Waals surface area contributed by atoms with Gasteiger partial charge in [0.25, 0.3) is 0 Å². The second kappa shape index (κ2) is 29.1. The molecule has 7 rings (SSSR count). The zero-order chi connectivity index (χ0) is 59.4. The number of carbonyl (C=O) groups excluding carboxylic acids is 7. The predicted octanol–water partition coefficient (Wildman–Crippen LogP) is 5.54. The maximum absolute atomic E-state index is 14.5. The molecule has 2 aliphatic heterocycles. The number of nitrogens with zero attached hydrogens (tertiary/aromatic N) is 3. The highest BCUT2D eigenvalue weighted by Crippen LogP contribution is 2.45. The Bertz CT molecular complexity index is 2660. The van der Waals surface area contributed by atoms with E-state index in [1.165, 1.54) is 7.11 Å². The lowest BCUT2D eigenvalue weighted by molar-refractivity contribution is -0.148. The molecule has 0 aromatic heterocycles. The highest BCUT2D eigenvalue weighted by molar-refractivity contribution is 5.96. The molecule has 12 atom stereocenters. The Morgan fingerprint density at radius 2 is 1.55 bits per heavy atom. The van der Waals surface area contributed by atoms with Crippen LogP contribution in [-0.2, 0) is 44.6 Å². The lowest BCUT2D eigenvalue weighted by atomic mass is 9.89. The van der Waals surface area contributed by atoms with Crippen molar-refractivity contribution in [1.29, 1.82) is 0 Å². The molecule has 0 radical (unpaired) electrons. The summed E-state index contributed by atoms with van der Waals surface area (Å²) in [5.74, 6) is -2.36. The molecule has 448 valence electrons. The third-order valence-corrected chi connectivity index (χ3v) is 17.8. The van der Waals surface area contributed by atoms with Crippen molar-refractivity contribution < 1.29 is 52.9 Å². The fraction of sp³-hybridized carbons (Fsp3) is 0.597. The van der Waals surface area contributed by atoms with Gasteiger partial charge in [-0.25, -0.2) is 9.59 Å². The van der Waals surface area contributed by atoms with Gasteiger partial charge in [0.15, 0.2) is 0 Å². The van der Waals surface area contributed by atoms with E-state index in [9.17, 15) is 38.7 Å². The summed E-state index contributed by atoms with van der Waals surface area (Å²) in [6, 6.07) is 18.8. The number of hydrogen-bond donors (Lipinski definition) is 7. The summed E-state index contributed by atoms with van der Waals surface area (Å²) in [6.07, 6.45) is 3.55. The smallest absolute Gasteiger partial charge is 0.407 e. The van der Waals surface area contributed by atoms with Gasteiger partial charge >= 0.3 is 12.1 Å². The second-order valence-electron chi connectivity index (χ2n) is 23.4.